The Labute approximate surface area is 162 Å². The summed E-state index contributed by atoms with van der Waals surface area (Å²) in [6, 6.07) is 3.69. The molecule has 3 rings (SSSR count). The van der Waals surface area contributed by atoms with Crippen molar-refractivity contribution >= 4 is 22.8 Å². The molecule has 0 amide bonds. The van der Waals surface area contributed by atoms with Crippen LogP contribution in [0.2, 0.25) is 0 Å². The van der Waals surface area contributed by atoms with Crippen molar-refractivity contribution in [2.24, 2.45) is 5.73 Å². The first-order valence-corrected chi connectivity index (χ1v) is 8.95. The molecule has 0 aliphatic heterocycles. The van der Waals surface area contributed by atoms with E-state index in [0.29, 0.717) is 33.9 Å². The lowest BCUT2D eigenvalue weighted by Gasteiger charge is -2.22. The summed E-state index contributed by atoms with van der Waals surface area (Å²) in [7, 11) is 0. The highest BCUT2D eigenvalue weighted by molar-refractivity contribution is 5.96. The summed E-state index contributed by atoms with van der Waals surface area (Å²) in [5, 5.41) is 12.7. The van der Waals surface area contributed by atoms with Crippen molar-refractivity contribution in [1.82, 2.24) is 15.0 Å². The van der Waals surface area contributed by atoms with Gasteiger partial charge in [0.25, 0.3) is 0 Å². The van der Waals surface area contributed by atoms with E-state index in [2.05, 4.69) is 20.3 Å². The molecule has 0 bridgehead atoms. The maximum Gasteiger partial charge on any atom is 0.337 e. The summed E-state index contributed by atoms with van der Waals surface area (Å²) >= 11 is 0. The third-order valence-corrected chi connectivity index (χ3v) is 4.26. The number of nitrogens with two attached hydrogens (primary N) is 1. The van der Waals surface area contributed by atoms with Gasteiger partial charge in [-0.05, 0) is 52.8 Å². The van der Waals surface area contributed by atoms with Crippen molar-refractivity contribution in [2.45, 2.75) is 46.2 Å². The van der Waals surface area contributed by atoms with Crippen LogP contribution in [-0.2, 0) is 0 Å². The molecule has 5 N–H and O–H groups in total. The molecule has 0 saturated carbocycles. The first-order valence-electron chi connectivity index (χ1n) is 8.95. The maximum absolute atomic E-state index is 14.8. The van der Waals surface area contributed by atoms with Crippen molar-refractivity contribution in [3.05, 3.63) is 41.0 Å². The highest BCUT2D eigenvalue weighted by Crippen LogP contribution is 2.33. The molecule has 1 unspecified atom stereocenters. The number of hydrogen-bond acceptors (Lipinski definition) is 5. The van der Waals surface area contributed by atoms with Crippen LogP contribution in [0.5, 0.6) is 0 Å². The van der Waals surface area contributed by atoms with E-state index in [-0.39, 0.29) is 16.7 Å². The second kappa shape index (κ2) is 6.87. The second-order valence-corrected chi connectivity index (χ2v) is 7.93. The van der Waals surface area contributed by atoms with Gasteiger partial charge in [-0.25, -0.2) is 19.2 Å². The number of carboxylic acids is 1. The Morgan fingerprint density at radius 3 is 2.54 bits per heavy atom. The number of aryl methyl sites for hydroxylation is 1. The molecule has 2 heterocycles. The first kappa shape index (κ1) is 19.8. The predicted octanol–water partition coefficient (Wildman–Crippen LogP) is 4.00. The molecule has 0 aliphatic rings. The average molecular weight is 385 g/mol. The van der Waals surface area contributed by atoms with Crippen LogP contribution in [0.4, 0.5) is 10.2 Å². The van der Waals surface area contributed by atoms with Crippen LogP contribution in [0.1, 0.15) is 55.5 Å². The fraction of sp³-hybridized carbons (Fsp3) is 0.350. The summed E-state index contributed by atoms with van der Waals surface area (Å²) in [5.41, 5.74) is 7.96. The molecule has 0 spiro atoms. The van der Waals surface area contributed by atoms with E-state index in [1.54, 1.807) is 13.0 Å². The number of H-pyrrole nitrogens is 1. The number of aromatic nitrogens is 3. The number of aromatic amines is 1. The SMILES string of the molecule is Cc1nc2ccc(F)c(-c3cc(C(=O)O)c(C(C)N)[nH]3)c2nc1NC(C)(C)C. The van der Waals surface area contributed by atoms with Crippen LogP contribution in [0, 0.1) is 12.7 Å². The number of nitrogens with zero attached hydrogens (tertiary/aromatic N) is 2. The topological polar surface area (TPSA) is 117 Å². The number of halogens is 1. The van der Waals surface area contributed by atoms with E-state index in [0.717, 1.165) is 0 Å². The largest absolute Gasteiger partial charge is 0.478 e. The molecule has 0 aliphatic carbocycles. The average Bonchev–Trinajstić information content (AvgIpc) is 3.00. The third kappa shape index (κ3) is 3.68. The molecule has 1 atom stereocenters. The Morgan fingerprint density at radius 2 is 2.00 bits per heavy atom. The standard InChI is InChI=1S/C20H24FN5O2/c1-9(22)16-11(19(27)28)8-14(24-16)15-12(21)6-7-13-17(15)25-18(10(2)23-13)26-20(3,4)5/h6-9,24H,22H2,1-5H3,(H,25,26)(H,27,28). The number of hydrogen-bond donors (Lipinski definition) is 4. The Morgan fingerprint density at radius 1 is 1.32 bits per heavy atom. The maximum atomic E-state index is 14.8. The van der Waals surface area contributed by atoms with Crippen LogP contribution in [0.3, 0.4) is 0 Å². The van der Waals surface area contributed by atoms with Gasteiger partial charge >= 0.3 is 5.97 Å². The van der Waals surface area contributed by atoms with Crippen LogP contribution in [0.15, 0.2) is 18.2 Å². The minimum absolute atomic E-state index is 0.00881. The first-order chi connectivity index (χ1) is 13.0. The van der Waals surface area contributed by atoms with Gasteiger partial charge in [0.05, 0.1) is 28.0 Å². The van der Waals surface area contributed by atoms with Gasteiger partial charge in [-0.3, -0.25) is 0 Å². The predicted molar refractivity (Wildman–Crippen MR) is 107 cm³/mol. The van der Waals surface area contributed by atoms with Crippen molar-refractivity contribution in [3.8, 4) is 11.3 Å². The molecule has 2 aromatic heterocycles. The van der Waals surface area contributed by atoms with Gasteiger partial charge in [-0.2, -0.15) is 0 Å². The lowest BCUT2D eigenvalue weighted by molar-refractivity contribution is 0.0695. The minimum Gasteiger partial charge on any atom is -0.478 e. The van der Waals surface area contributed by atoms with E-state index in [1.807, 2.05) is 27.7 Å². The van der Waals surface area contributed by atoms with Gasteiger partial charge in [0.15, 0.2) is 0 Å². The van der Waals surface area contributed by atoms with Crippen LogP contribution in [0.25, 0.3) is 22.3 Å². The van der Waals surface area contributed by atoms with E-state index >= 15 is 0 Å². The molecular formula is C20H24FN5O2. The number of carbonyl (C=O) groups is 1. The number of anilines is 1. The molecule has 3 aromatic rings. The summed E-state index contributed by atoms with van der Waals surface area (Å²) < 4.78 is 14.8. The zero-order valence-electron chi connectivity index (χ0n) is 16.5. The minimum atomic E-state index is -1.13. The molecule has 148 valence electrons. The molecule has 0 fully saturated rings. The van der Waals surface area contributed by atoms with Gasteiger partial charge < -0.3 is 21.1 Å². The van der Waals surface area contributed by atoms with Crippen molar-refractivity contribution in [1.29, 1.82) is 0 Å². The lowest BCUT2D eigenvalue weighted by atomic mass is 10.1. The number of benzene rings is 1. The fourth-order valence-corrected chi connectivity index (χ4v) is 3.06. The van der Waals surface area contributed by atoms with Gasteiger partial charge in [0.1, 0.15) is 17.2 Å². The molecule has 8 heteroatoms. The quantitative estimate of drug-likeness (QED) is 0.539. The van der Waals surface area contributed by atoms with Crippen molar-refractivity contribution < 1.29 is 14.3 Å². The second-order valence-electron chi connectivity index (χ2n) is 7.93. The highest BCUT2D eigenvalue weighted by atomic mass is 19.1. The number of aromatic carboxylic acids is 1. The zero-order chi connectivity index (χ0) is 20.8. The molecular weight excluding hydrogens is 361 g/mol. The van der Waals surface area contributed by atoms with E-state index in [4.69, 9.17) is 5.73 Å². The fourth-order valence-electron chi connectivity index (χ4n) is 3.06. The van der Waals surface area contributed by atoms with Gasteiger partial charge in [0.2, 0.25) is 0 Å². The van der Waals surface area contributed by atoms with Gasteiger partial charge in [0, 0.05) is 17.3 Å². The number of rotatable bonds is 4. The number of nitrogens with one attached hydrogen (secondary N) is 2. The number of fused-ring (bicyclic) bond motifs is 1. The van der Waals surface area contributed by atoms with E-state index in [1.165, 1.54) is 12.1 Å². The van der Waals surface area contributed by atoms with Crippen LogP contribution < -0.4 is 11.1 Å². The third-order valence-electron chi connectivity index (χ3n) is 4.26. The zero-order valence-corrected chi connectivity index (χ0v) is 16.5. The van der Waals surface area contributed by atoms with Gasteiger partial charge in [-0.15, -0.1) is 0 Å². The molecule has 1 aromatic carbocycles. The highest BCUT2D eigenvalue weighted by Gasteiger charge is 2.22. The van der Waals surface area contributed by atoms with Crippen molar-refractivity contribution in [3.63, 3.8) is 0 Å². The Bertz CT molecular complexity index is 1070. The number of carboxylic acid groups (broad SMARTS) is 1. The monoisotopic (exact) mass is 385 g/mol. The molecule has 28 heavy (non-hydrogen) atoms. The summed E-state index contributed by atoms with van der Waals surface area (Å²) in [5.74, 6) is -1.11. The molecule has 0 radical (unpaired) electrons. The Hall–Kier alpha value is -3.00. The molecule has 0 saturated heterocycles. The lowest BCUT2D eigenvalue weighted by Crippen LogP contribution is -2.27. The van der Waals surface area contributed by atoms with Crippen LogP contribution >= 0.6 is 0 Å². The van der Waals surface area contributed by atoms with Crippen molar-refractivity contribution in [2.75, 3.05) is 5.32 Å². The summed E-state index contributed by atoms with van der Waals surface area (Å²) in [6.07, 6.45) is 0. The summed E-state index contributed by atoms with van der Waals surface area (Å²) in [4.78, 5) is 23.7. The van der Waals surface area contributed by atoms with Gasteiger partial charge in [-0.1, -0.05) is 0 Å². The normalized spacial score (nSPS) is 13.0. The van der Waals surface area contributed by atoms with Crippen LogP contribution in [-0.4, -0.2) is 31.6 Å². The Kier molecular flexibility index (Phi) is 4.84. The Balaban J connectivity index is 2.29. The van der Waals surface area contributed by atoms with E-state index < -0.39 is 17.8 Å². The molecule has 7 nitrogen and oxygen atoms in total. The van der Waals surface area contributed by atoms with E-state index in [9.17, 15) is 14.3 Å². The summed E-state index contributed by atoms with van der Waals surface area (Å²) in [6.45, 7) is 9.46. The smallest absolute Gasteiger partial charge is 0.337 e.